The number of aromatic nitrogens is 2. The van der Waals surface area contributed by atoms with Crippen molar-refractivity contribution in [2.24, 2.45) is 14.1 Å². The fraction of sp³-hybridized carbons (Fsp3) is 0.421. The van der Waals surface area contributed by atoms with E-state index in [0.29, 0.717) is 30.3 Å². The van der Waals surface area contributed by atoms with Gasteiger partial charge in [-0.25, -0.2) is 9.59 Å². The van der Waals surface area contributed by atoms with Gasteiger partial charge < -0.3 is 20.1 Å². The van der Waals surface area contributed by atoms with Crippen LogP contribution in [0.3, 0.4) is 0 Å². The highest BCUT2D eigenvalue weighted by atomic mass is 35.5. The van der Waals surface area contributed by atoms with Crippen LogP contribution in [0.25, 0.3) is 0 Å². The molecule has 3 rings (SSSR count). The molecule has 0 saturated carbocycles. The number of rotatable bonds is 4. The van der Waals surface area contributed by atoms with E-state index in [4.69, 9.17) is 11.6 Å². The van der Waals surface area contributed by atoms with E-state index in [0.717, 1.165) is 23.0 Å². The van der Waals surface area contributed by atoms with Crippen LogP contribution >= 0.6 is 11.6 Å². The number of carbonyl (C=O) groups excluding carboxylic acids is 1. The van der Waals surface area contributed by atoms with Gasteiger partial charge >= 0.3 is 11.7 Å². The number of anilines is 1. The number of piperidine rings is 1. The number of hydrogen-bond acceptors (Lipinski definition) is 4. The normalized spacial score (nSPS) is 14.8. The van der Waals surface area contributed by atoms with Gasteiger partial charge in [0.2, 0.25) is 0 Å². The summed E-state index contributed by atoms with van der Waals surface area (Å²) >= 11 is 5.85. The third kappa shape index (κ3) is 4.56. The van der Waals surface area contributed by atoms with E-state index in [1.54, 1.807) is 25.4 Å². The summed E-state index contributed by atoms with van der Waals surface area (Å²) in [4.78, 5) is 38.3. The summed E-state index contributed by atoms with van der Waals surface area (Å²) < 4.78 is 2.52. The molecule has 9 heteroatoms. The first kappa shape index (κ1) is 20.0. The van der Waals surface area contributed by atoms with Gasteiger partial charge in [0.05, 0.1) is 0 Å². The smallest absolute Gasteiger partial charge is 0.330 e. The second-order valence-corrected chi connectivity index (χ2v) is 7.42. The van der Waals surface area contributed by atoms with Crippen molar-refractivity contribution in [2.75, 3.05) is 18.0 Å². The molecule has 2 N–H and O–H groups in total. The molecule has 0 bridgehead atoms. The second-order valence-electron chi connectivity index (χ2n) is 6.99. The molecule has 2 heterocycles. The third-order valence-corrected chi connectivity index (χ3v) is 5.22. The zero-order chi connectivity index (χ0) is 20.3. The molecule has 1 aliphatic rings. The van der Waals surface area contributed by atoms with Gasteiger partial charge in [0.25, 0.3) is 5.56 Å². The molecule has 8 nitrogen and oxygen atoms in total. The van der Waals surface area contributed by atoms with E-state index < -0.39 is 0 Å². The summed E-state index contributed by atoms with van der Waals surface area (Å²) in [6, 6.07) is 7.14. The molecule has 1 aromatic heterocycles. The van der Waals surface area contributed by atoms with Gasteiger partial charge in [-0.1, -0.05) is 23.7 Å². The Kier molecular flexibility index (Phi) is 6.08. The zero-order valence-corrected chi connectivity index (χ0v) is 16.7. The minimum atomic E-state index is -0.345. The van der Waals surface area contributed by atoms with E-state index in [2.05, 4.69) is 10.6 Å². The van der Waals surface area contributed by atoms with Crippen molar-refractivity contribution in [2.45, 2.75) is 25.4 Å². The van der Waals surface area contributed by atoms with Crippen LogP contribution in [0.5, 0.6) is 0 Å². The highest BCUT2D eigenvalue weighted by Crippen LogP contribution is 2.16. The van der Waals surface area contributed by atoms with Gasteiger partial charge in [-0.05, 0) is 30.5 Å². The summed E-state index contributed by atoms with van der Waals surface area (Å²) in [7, 11) is 3.11. The molecule has 1 fully saturated rings. The Morgan fingerprint density at radius 2 is 1.79 bits per heavy atom. The SMILES string of the molecule is Cn1cc(N2CCC(NC(=O)NCc3ccc(Cl)cc3)CC2)c(=O)n(C)c1=O. The van der Waals surface area contributed by atoms with Crippen LogP contribution in [-0.2, 0) is 20.6 Å². The molecule has 0 unspecified atom stereocenters. The van der Waals surface area contributed by atoms with Gasteiger partial charge in [0, 0.05) is 51.0 Å². The lowest BCUT2D eigenvalue weighted by Gasteiger charge is -2.33. The minimum absolute atomic E-state index is 0.0397. The van der Waals surface area contributed by atoms with E-state index >= 15 is 0 Å². The zero-order valence-electron chi connectivity index (χ0n) is 15.9. The maximum atomic E-state index is 12.4. The summed E-state index contributed by atoms with van der Waals surface area (Å²) in [5, 5.41) is 6.48. The number of hydrogen-bond donors (Lipinski definition) is 2. The Balaban J connectivity index is 1.51. The minimum Gasteiger partial charge on any atom is -0.366 e. The van der Waals surface area contributed by atoms with E-state index in [1.165, 1.54) is 11.6 Å². The number of aryl methyl sites for hydroxylation is 1. The summed E-state index contributed by atoms with van der Waals surface area (Å²) in [6.07, 6.45) is 3.03. The molecule has 28 heavy (non-hydrogen) atoms. The lowest BCUT2D eigenvalue weighted by molar-refractivity contribution is 0.234. The Bertz CT molecular complexity index is 959. The summed E-state index contributed by atoms with van der Waals surface area (Å²) in [6.45, 7) is 1.70. The molecule has 1 aromatic carbocycles. The van der Waals surface area contributed by atoms with Crippen LogP contribution in [0, 0.1) is 0 Å². The number of halogens is 1. The highest BCUT2D eigenvalue weighted by molar-refractivity contribution is 6.30. The van der Waals surface area contributed by atoms with Crippen molar-refractivity contribution in [3.8, 4) is 0 Å². The van der Waals surface area contributed by atoms with Gasteiger partial charge in [-0.15, -0.1) is 0 Å². The topological polar surface area (TPSA) is 88.4 Å². The Hall–Kier alpha value is -2.74. The van der Waals surface area contributed by atoms with E-state index in [9.17, 15) is 14.4 Å². The second kappa shape index (κ2) is 8.52. The fourth-order valence-electron chi connectivity index (χ4n) is 3.29. The molecular formula is C19H24ClN5O3. The monoisotopic (exact) mass is 405 g/mol. The van der Waals surface area contributed by atoms with Gasteiger partial charge in [-0.3, -0.25) is 9.36 Å². The van der Waals surface area contributed by atoms with Crippen molar-refractivity contribution >= 4 is 23.3 Å². The van der Waals surface area contributed by atoms with Crippen LogP contribution < -0.4 is 26.8 Å². The van der Waals surface area contributed by atoms with Gasteiger partial charge in [-0.2, -0.15) is 0 Å². The maximum absolute atomic E-state index is 12.4. The average Bonchev–Trinajstić information content (AvgIpc) is 2.69. The third-order valence-electron chi connectivity index (χ3n) is 4.97. The Morgan fingerprint density at radius 3 is 2.43 bits per heavy atom. The quantitative estimate of drug-likeness (QED) is 0.800. The first-order valence-corrected chi connectivity index (χ1v) is 9.53. The molecule has 2 aromatic rings. The average molecular weight is 406 g/mol. The molecular weight excluding hydrogens is 382 g/mol. The Morgan fingerprint density at radius 1 is 1.14 bits per heavy atom. The molecule has 0 atom stereocenters. The van der Waals surface area contributed by atoms with E-state index in [-0.39, 0.29) is 23.3 Å². The predicted molar refractivity (Wildman–Crippen MR) is 109 cm³/mol. The summed E-state index contributed by atoms with van der Waals surface area (Å²) in [5.74, 6) is 0. The number of amides is 2. The lowest BCUT2D eigenvalue weighted by atomic mass is 10.0. The van der Waals surface area contributed by atoms with Crippen LogP contribution in [0.2, 0.25) is 5.02 Å². The highest BCUT2D eigenvalue weighted by Gasteiger charge is 2.23. The Labute approximate surface area is 167 Å². The van der Waals surface area contributed by atoms with Crippen LogP contribution in [0.1, 0.15) is 18.4 Å². The molecule has 1 saturated heterocycles. The molecule has 0 radical (unpaired) electrons. The fourth-order valence-corrected chi connectivity index (χ4v) is 3.42. The first-order chi connectivity index (χ1) is 13.3. The lowest BCUT2D eigenvalue weighted by Crippen LogP contribution is -2.49. The number of urea groups is 1. The number of nitrogens with one attached hydrogen (secondary N) is 2. The number of nitrogens with zero attached hydrogens (tertiary/aromatic N) is 3. The summed E-state index contributed by atoms with van der Waals surface area (Å²) in [5.41, 5.74) is 0.841. The first-order valence-electron chi connectivity index (χ1n) is 9.15. The predicted octanol–water partition coefficient (Wildman–Crippen LogP) is 1.21. The molecule has 150 valence electrons. The molecule has 1 aliphatic heterocycles. The molecule has 0 aliphatic carbocycles. The van der Waals surface area contributed by atoms with Crippen LogP contribution in [0.4, 0.5) is 10.5 Å². The van der Waals surface area contributed by atoms with Crippen molar-refractivity contribution < 1.29 is 4.79 Å². The number of carbonyl (C=O) groups is 1. The van der Waals surface area contributed by atoms with Gasteiger partial charge in [0.15, 0.2) is 0 Å². The van der Waals surface area contributed by atoms with Gasteiger partial charge in [0.1, 0.15) is 5.69 Å². The largest absolute Gasteiger partial charge is 0.366 e. The molecule has 0 spiro atoms. The standard InChI is InChI=1S/C19H24ClN5O3/c1-23-12-16(17(26)24(2)19(23)28)25-9-7-15(8-10-25)22-18(27)21-11-13-3-5-14(20)6-4-13/h3-6,12,15H,7-11H2,1-2H3,(H2,21,22,27). The van der Waals surface area contributed by atoms with Crippen LogP contribution in [-0.4, -0.2) is 34.3 Å². The van der Waals surface area contributed by atoms with Crippen molar-refractivity contribution in [1.82, 2.24) is 19.8 Å². The molecule has 2 amide bonds. The van der Waals surface area contributed by atoms with Crippen molar-refractivity contribution in [3.63, 3.8) is 0 Å². The van der Waals surface area contributed by atoms with Crippen molar-refractivity contribution in [1.29, 1.82) is 0 Å². The maximum Gasteiger partial charge on any atom is 0.330 e. The number of benzene rings is 1. The van der Waals surface area contributed by atoms with Crippen LogP contribution in [0.15, 0.2) is 40.1 Å². The van der Waals surface area contributed by atoms with Crippen molar-refractivity contribution in [3.05, 3.63) is 61.9 Å². The van der Waals surface area contributed by atoms with E-state index in [1.807, 2.05) is 17.0 Å².